The number of sulfonamides is 1. The number of aromatic nitrogens is 1. The van der Waals surface area contributed by atoms with Gasteiger partial charge in [-0.05, 0) is 19.1 Å². The lowest BCUT2D eigenvalue weighted by molar-refractivity contribution is 0.0599. The number of esters is 1. The van der Waals surface area contributed by atoms with Crippen LogP contribution in [0.4, 0.5) is 0 Å². The summed E-state index contributed by atoms with van der Waals surface area (Å²) in [4.78, 5) is 14.9. The Morgan fingerprint density at radius 1 is 1.47 bits per heavy atom. The summed E-state index contributed by atoms with van der Waals surface area (Å²) in [6, 6.07) is 2.47. The normalized spacial score (nSPS) is 11.1. The van der Waals surface area contributed by atoms with E-state index in [2.05, 4.69) is 9.72 Å². The van der Waals surface area contributed by atoms with Gasteiger partial charge in [0.05, 0.1) is 18.4 Å². The third-order valence-corrected chi connectivity index (χ3v) is 2.57. The fraction of sp³-hybridized carbons (Fsp3) is 0.250. The van der Waals surface area contributed by atoms with Gasteiger partial charge in [0.1, 0.15) is 0 Å². The Bertz CT molecular complexity index is 495. The number of ether oxygens (including phenoxy) is 1. The molecule has 0 saturated heterocycles. The maximum absolute atomic E-state index is 11.2. The molecule has 1 aromatic rings. The fourth-order valence-corrected chi connectivity index (χ4v) is 1.54. The third-order valence-electron chi connectivity index (χ3n) is 1.76. The molecule has 0 aliphatic rings. The van der Waals surface area contributed by atoms with Crippen LogP contribution >= 0.6 is 0 Å². The number of nitrogens with zero attached hydrogens (tertiary/aromatic N) is 1. The quantitative estimate of drug-likeness (QED) is 0.711. The Hall–Kier alpha value is -1.47. The minimum Gasteiger partial charge on any atom is -0.465 e. The van der Waals surface area contributed by atoms with Gasteiger partial charge in [0.25, 0.3) is 10.0 Å². The van der Waals surface area contributed by atoms with Gasteiger partial charge in [0.2, 0.25) is 0 Å². The molecule has 0 bridgehead atoms. The number of aryl methyl sites for hydroxylation is 1. The van der Waals surface area contributed by atoms with Gasteiger partial charge in [0.15, 0.2) is 5.03 Å². The number of carbonyl (C=O) groups is 1. The van der Waals surface area contributed by atoms with E-state index in [1.54, 1.807) is 0 Å². The molecule has 0 amide bonds. The summed E-state index contributed by atoms with van der Waals surface area (Å²) in [5, 5.41) is 4.61. The minimum absolute atomic E-state index is 0.213. The Morgan fingerprint density at radius 2 is 2.07 bits per heavy atom. The van der Waals surface area contributed by atoms with Gasteiger partial charge in [0, 0.05) is 0 Å². The van der Waals surface area contributed by atoms with Crippen molar-refractivity contribution in [3.05, 3.63) is 23.4 Å². The second-order valence-corrected chi connectivity index (χ2v) is 4.33. The molecular formula is C8H10N2O4S. The number of nitrogens with two attached hydrogens (primary N) is 1. The van der Waals surface area contributed by atoms with Gasteiger partial charge in [-0.3, -0.25) is 0 Å². The summed E-state index contributed by atoms with van der Waals surface area (Å²) in [6.45, 7) is 1.50. The van der Waals surface area contributed by atoms with Crippen molar-refractivity contribution in [1.82, 2.24) is 4.98 Å². The second kappa shape index (κ2) is 3.95. The van der Waals surface area contributed by atoms with Crippen LogP contribution in [0.2, 0.25) is 0 Å². The van der Waals surface area contributed by atoms with Crippen molar-refractivity contribution in [2.45, 2.75) is 11.9 Å². The van der Waals surface area contributed by atoms with Crippen molar-refractivity contribution in [1.29, 1.82) is 0 Å². The molecular weight excluding hydrogens is 220 g/mol. The van der Waals surface area contributed by atoms with Crippen LogP contribution < -0.4 is 5.14 Å². The number of pyridine rings is 1. The van der Waals surface area contributed by atoms with Crippen LogP contribution in [0.1, 0.15) is 16.1 Å². The van der Waals surface area contributed by atoms with Gasteiger partial charge in [-0.25, -0.2) is 23.3 Å². The highest BCUT2D eigenvalue weighted by atomic mass is 32.2. The first-order valence-electron chi connectivity index (χ1n) is 3.95. The molecule has 1 rings (SSSR count). The molecule has 82 valence electrons. The third kappa shape index (κ3) is 2.51. The lowest BCUT2D eigenvalue weighted by Gasteiger charge is -2.04. The van der Waals surface area contributed by atoms with E-state index < -0.39 is 16.0 Å². The summed E-state index contributed by atoms with van der Waals surface area (Å²) in [5.74, 6) is -0.569. The molecule has 1 heterocycles. The van der Waals surface area contributed by atoms with Gasteiger partial charge in [-0.2, -0.15) is 0 Å². The largest absolute Gasteiger partial charge is 0.465 e. The lowest BCUT2D eigenvalue weighted by atomic mass is 10.2. The number of carbonyl (C=O) groups excluding carboxylic acids is 1. The first kappa shape index (κ1) is 11.6. The highest BCUT2D eigenvalue weighted by Gasteiger charge is 2.15. The maximum Gasteiger partial charge on any atom is 0.339 e. The van der Waals surface area contributed by atoms with E-state index in [9.17, 15) is 13.2 Å². The highest BCUT2D eigenvalue weighted by Crippen LogP contribution is 2.10. The van der Waals surface area contributed by atoms with Gasteiger partial charge in [-0.1, -0.05) is 0 Å². The summed E-state index contributed by atoms with van der Waals surface area (Å²) in [5.41, 5.74) is 0.471. The zero-order chi connectivity index (χ0) is 11.6. The Morgan fingerprint density at radius 3 is 2.47 bits per heavy atom. The SMILES string of the molecule is COC(=O)c1ccc(S(N)(=O)=O)nc1C. The molecule has 0 unspecified atom stereocenters. The summed E-state index contributed by atoms with van der Waals surface area (Å²) in [6.07, 6.45) is 0. The number of rotatable bonds is 2. The van der Waals surface area contributed by atoms with Crippen molar-refractivity contribution in [2.24, 2.45) is 5.14 Å². The molecule has 0 aliphatic carbocycles. The summed E-state index contributed by atoms with van der Waals surface area (Å²) < 4.78 is 26.4. The van der Waals surface area contributed by atoms with Crippen LogP contribution in [0.15, 0.2) is 17.2 Å². The van der Waals surface area contributed by atoms with Crippen LogP contribution in [0.3, 0.4) is 0 Å². The molecule has 1 aromatic heterocycles. The minimum atomic E-state index is -3.84. The van der Waals surface area contributed by atoms with Crippen molar-refractivity contribution in [3.63, 3.8) is 0 Å². The van der Waals surface area contributed by atoms with Crippen LogP contribution in [-0.4, -0.2) is 26.5 Å². The molecule has 0 aromatic carbocycles. The van der Waals surface area contributed by atoms with E-state index in [1.807, 2.05) is 0 Å². The molecule has 15 heavy (non-hydrogen) atoms. The molecule has 0 fully saturated rings. The van der Waals surface area contributed by atoms with E-state index in [1.165, 1.54) is 20.1 Å². The van der Waals surface area contributed by atoms with Crippen LogP contribution in [-0.2, 0) is 14.8 Å². The van der Waals surface area contributed by atoms with E-state index in [4.69, 9.17) is 5.14 Å². The van der Waals surface area contributed by atoms with Crippen LogP contribution in [0.25, 0.3) is 0 Å². The molecule has 0 aliphatic heterocycles. The highest BCUT2D eigenvalue weighted by molar-refractivity contribution is 7.89. The molecule has 7 heteroatoms. The first-order valence-corrected chi connectivity index (χ1v) is 5.49. The number of hydrogen-bond acceptors (Lipinski definition) is 5. The van der Waals surface area contributed by atoms with Crippen molar-refractivity contribution < 1.29 is 17.9 Å². The molecule has 0 saturated carbocycles. The molecule has 0 spiro atoms. The fourth-order valence-electron chi connectivity index (χ4n) is 1.02. The molecule has 0 radical (unpaired) electrons. The van der Waals surface area contributed by atoms with Crippen molar-refractivity contribution >= 4 is 16.0 Å². The average molecular weight is 230 g/mol. The van der Waals surface area contributed by atoms with Gasteiger partial charge < -0.3 is 4.74 Å². The van der Waals surface area contributed by atoms with Crippen LogP contribution in [0, 0.1) is 6.92 Å². The van der Waals surface area contributed by atoms with E-state index in [-0.39, 0.29) is 16.3 Å². The van der Waals surface area contributed by atoms with Gasteiger partial charge >= 0.3 is 5.97 Å². The number of hydrogen-bond donors (Lipinski definition) is 1. The predicted molar refractivity (Wildman–Crippen MR) is 51.7 cm³/mol. The van der Waals surface area contributed by atoms with E-state index >= 15 is 0 Å². The standard InChI is InChI=1S/C8H10N2O4S/c1-5-6(8(11)14-2)3-4-7(10-5)15(9,12)13/h3-4H,1-2H3,(H2,9,12,13). The smallest absolute Gasteiger partial charge is 0.339 e. The first-order chi connectivity index (χ1) is 6.86. The van der Waals surface area contributed by atoms with E-state index in [0.29, 0.717) is 0 Å². The average Bonchev–Trinajstić information content (AvgIpc) is 2.15. The summed E-state index contributed by atoms with van der Waals surface area (Å²) in [7, 11) is -2.61. The zero-order valence-electron chi connectivity index (χ0n) is 8.22. The molecule has 6 nitrogen and oxygen atoms in total. The van der Waals surface area contributed by atoms with E-state index in [0.717, 1.165) is 6.07 Å². The number of primary sulfonamides is 1. The summed E-state index contributed by atoms with van der Waals surface area (Å²) >= 11 is 0. The Labute approximate surface area is 87.1 Å². The van der Waals surface area contributed by atoms with Crippen molar-refractivity contribution in [2.75, 3.05) is 7.11 Å². The Balaban J connectivity index is 3.27. The zero-order valence-corrected chi connectivity index (χ0v) is 9.04. The topological polar surface area (TPSA) is 99.4 Å². The second-order valence-electron chi connectivity index (χ2n) is 2.82. The van der Waals surface area contributed by atoms with Crippen LogP contribution in [0.5, 0.6) is 0 Å². The Kier molecular flexibility index (Phi) is 3.06. The predicted octanol–water partition coefficient (Wildman–Crippen LogP) is -0.176. The lowest BCUT2D eigenvalue weighted by Crippen LogP contribution is -2.16. The molecule has 0 atom stereocenters. The van der Waals surface area contributed by atoms with Gasteiger partial charge in [-0.15, -0.1) is 0 Å². The monoisotopic (exact) mass is 230 g/mol. The molecule has 2 N–H and O–H groups in total. The van der Waals surface area contributed by atoms with Crippen molar-refractivity contribution in [3.8, 4) is 0 Å². The number of methoxy groups -OCH3 is 1. The maximum atomic E-state index is 11.2.